The zero-order chi connectivity index (χ0) is 24.9. The van der Waals surface area contributed by atoms with E-state index in [1.807, 2.05) is 25.1 Å². The zero-order valence-corrected chi connectivity index (χ0v) is 20.0. The minimum atomic E-state index is -0.787. The van der Waals surface area contributed by atoms with E-state index in [4.69, 9.17) is 21.1 Å². The van der Waals surface area contributed by atoms with Crippen LogP contribution in [-0.4, -0.2) is 24.5 Å². The minimum absolute atomic E-state index is 0.167. The number of nitrogens with one attached hydrogen (secondary N) is 1. The number of para-hydroxylation sites is 1. The van der Waals surface area contributed by atoms with E-state index in [0.717, 1.165) is 16.0 Å². The molecule has 1 aliphatic rings. The Kier molecular flexibility index (Phi) is 7.17. The number of ether oxygens (including phenoxy) is 2. The van der Waals surface area contributed by atoms with Crippen molar-refractivity contribution < 1.29 is 23.9 Å². The first-order valence-corrected chi connectivity index (χ1v) is 11.4. The molecule has 3 aromatic carbocycles. The third-order valence-electron chi connectivity index (χ3n) is 5.38. The number of nitrogens with zero attached hydrogens (tertiary/aromatic N) is 1. The first-order valence-electron chi connectivity index (χ1n) is 11.0. The van der Waals surface area contributed by atoms with Crippen molar-refractivity contribution >= 4 is 41.2 Å². The van der Waals surface area contributed by atoms with Crippen LogP contribution in [0.4, 0.5) is 10.5 Å². The molecular formula is C27H23ClN2O5. The number of halogens is 1. The van der Waals surface area contributed by atoms with E-state index >= 15 is 0 Å². The summed E-state index contributed by atoms with van der Waals surface area (Å²) in [6, 6.07) is 18.6. The van der Waals surface area contributed by atoms with Crippen LogP contribution in [0.1, 0.15) is 23.6 Å². The molecule has 1 N–H and O–H groups in total. The summed E-state index contributed by atoms with van der Waals surface area (Å²) in [4.78, 5) is 39.1. The van der Waals surface area contributed by atoms with Gasteiger partial charge in [-0.05, 0) is 55.3 Å². The Morgan fingerprint density at radius 2 is 1.69 bits per heavy atom. The lowest BCUT2D eigenvalue weighted by molar-refractivity contribution is -0.122. The third-order valence-corrected chi connectivity index (χ3v) is 5.75. The summed E-state index contributed by atoms with van der Waals surface area (Å²) in [5.74, 6) is -0.527. The molecule has 35 heavy (non-hydrogen) atoms. The number of carbonyl (C=O) groups is 3. The van der Waals surface area contributed by atoms with Crippen molar-refractivity contribution in [2.75, 3.05) is 11.5 Å². The lowest BCUT2D eigenvalue weighted by Gasteiger charge is -2.27. The number of carbonyl (C=O) groups excluding carboxylic acids is 3. The number of amides is 4. The number of anilines is 1. The number of rotatable bonds is 7. The molecule has 0 radical (unpaired) electrons. The van der Waals surface area contributed by atoms with Crippen molar-refractivity contribution in [3.05, 3.63) is 94.0 Å². The van der Waals surface area contributed by atoms with Crippen LogP contribution < -0.4 is 19.7 Å². The summed E-state index contributed by atoms with van der Waals surface area (Å²) in [5.41, 5.74) is 2.33. The van der Waals surface area contributed by atoms with Crippen molar-refractivity contribution in [3.8, 4) is 11.5 Å². The van der Waals surface area contributed by atoms with Crippen LogP contribution in [-0.2, 0) is 16.2 Å². The van der Waals surface area contributed by atoms with Gasteiger partial charge in [0.1, 0.15) is 12.2 Å². The number of imide groups is 2. The maximum atomic E-state index is 13.2. The second-order valence-corrected chi connectivity index (χ2v) is 8.17. The number of hydrogen-bond acceptors (Lipinski definition) is 5. The fourth-order valence-electron chi connectivity index (χ4n) is 3.63. The number of benzene rings is 3. The molecule has 0 unspecified atom stereocenters. The van der Waals surface area contributed by atoms with Gasteiger partial charge in [0.25, 0.3) is 11.8 Å². The van der Waals surface area contributed by atoms with E-state index in [0.29, 0.717) is 34.4 Å². The molecule has 1 saturated heterocycles. The van der Waals surface area contributed by atoms with Crippen LogP contribution in [0.15, 0.2) is 72.3 Å². The number of barbiturate groups is 1. The molecule has 4 amide bonds. The molecule has 7 nitrogen and oxygen atoms in total. The highest BCUT2D eigenvalue weighted by molar-refractivity contribution is 6.39. The molecule has 0 aromatic heterocycles. The predicted octanol–water partition coefficient (Wildman–Crippen LogP) is 5.29. The summed E-state index contributed by atoms with van der Waals surface area (Å²) in [7, 11) is 0. The average molecular weight is 491 g/mol. The molecule has 0 saturated carbocycles. The van der Waals surface area contributed by atoms with Crippen molar-refractivity contribution in [1.29, 1.82) is 0 Å². The molecule has 178 valence electrons. The molecule has 1 heterocycles. The maximum Gasteiger partial charge on any atom is 0.335 e. The van der Waals surface area contributed by atoms with Crippen molar-refractivity contribution in [2.45, 2.75) is 20.5 Å². The lowest BCUT2D eigenvalue weighted by atomic mass is 10.1. The topological polar surface area (TPSA) is 84.9 Å². The summed E-state index contributed by atoms with van der Waals surface area (Å²) in [5, 5.41) is 2.84. The van der Waals surface area contributed by atoms with E-state index in [-0.39, 0.29) is 12.2 Å². The average Bonchev–Trinajstić information content (AvgIpc) is 2.83. The summed E-state index contributed by atoms with van der Waals surface area (Å²) < 4.78 is 11.6. The predicted molar refractivity (Wildman–Crippen MR) is 134 cm³/mol. The standard InChI is InChI=1S/C27H23ClN2O5/c1-3-34-24-15-18(12-13-23(24)35-16-19-9-5-6-10-21(19)28)14-20-25(31)29-27(33)30(26(20)32)22-11-7-4-8-17(22)2/h4-15H,3,16H2,1-2H3,(H,29,31,33)/b20-14+. The van der Waals surface area contributed by atoms with Crippen LogP contribution in [0.5, 0.6) is 11.5 Å². The normalized spacial score (nSPS) is 14.8. The fraction of sp³-hybridized carbons (Fsp3) is 0.148. The van der Waals surface area contributed by atoms with Gasteiger partial charge in [-0.25, -0.2) is 9.69 Å². The molecule has 0 bridgehead atoms. The van der Waals surface area contributed by atoms with Gasteiger partial charge in [-0.2, -0.15) is 0 Å². The fourth-order valence-corrected chi connectivity index (χ4v) is 3.82. The van der Waals surface area contributed by atoms with Gasteiger partial charge in [0.15, 0.2) is 11.5 Å². The lowest BCUT2D eigenvalue weighted by Crippen LogP contribution is -2.54. The van der Waals surface area contributed by atoms with Gasteiger partial charge < -0.3 is 9.47 Å². The monoisotopic (exact) mass is 490 g/mol. The van der Waals surface area contributed by atoms with Crippen molar-refractivity contribution in [1.82, 2.24) is 5.32 Å². The SMILES string of the molecule is CCOc1cc(/C=C2\C(=O)NC(=O)N(c3ccccc3C)C2=O)ccc1OCc1ccccc1Cl. The highest BCUT2D eigenvalue weighted by Gasteiger charge is 2.37. The first kappa shape index (κ1) is 24.0. The molecule has 1 fully saturated rings. The summed E-state index contributed by atoms with van der Waals surface area (Å²) in [6.45, 7) is 4.25. The van der Waals surface area contributed by atoms with Crippen molar-refractivity contribution in [2.24, 2.45) is 0 Å². The summed E-state index contributed by atoms with van der Waals surface area (Å²) in [6.07, 6.45) is 1.43. The van der Waals surface area contributed by atoms with Crippen LogP contribution in [0, 0.1) is 6.92 Å². The Balaban J connectivity index is 1.63. The van der Waals surface area contributed by atoms with Gasteiger partial charge in [0, 0.05) is 10.6 Å². The molecule has 1 aliphatic heterocycles. The maximum absolute atomic E-state index is 13.2. The Morgan fingerprint density at radius 1 is 0.943 bits per heavy atom. The van der Waals surface area contributed by atoms with Gasteiger partial charge in [0.05, 0.1) is 12.3 Å². The molecule has 0 spiro atoms. The van der Waals surface area contributed by atoms with Gasteiger partial charge in [-0.1, -0.05) is 54.1 Å². The second kappa shape index (κ2) is 10.4. The van der Waals surface area contributed by atoms with E-state index < -0.39 is 17.8 Å². The van der Waals surface area contributed by atoms with E-state index in [2.05, 4.69) is 5.32 Å². The Hall–Kier alpha value is -4.10. The molecular weight excluding hydrogens is 468 g/mol. The molecule has 0 aliphatic carbocycles. The molecule has 3 aromatic rings. The minimum Gasteiger partial charge on any atom is -0.490 e. The van der Waals surface area contributed by atoms with Gasteiger partial charge in [0.2, 0.25) is 0 Å². The van der Waals surface area contributed by atoms with Crippen LogP contribution >= 0.6 is 11.6 Å². The van der Waals surface area contributed by atoms with Crippen molar-refractivity contribution in [3.63, 3.8) is 0 Å². The highest BCUT2D eigenvalue weighted by Crippen LogP contribution is 2.32. The molecule has 0 atom stereocenters. The van der Waals surface area contributed by atoms with Crippen LogP contribution in [0.25, 0.3) is 6.08 Å². The smallest absolute Gasteiger partial charge is 0.335 e. The number of hydrogen-bond donors (Lipinski definition) is 1. The van der Waals surface area contributed by atoms with Gasteiger partial charge >= 0.3 is 6.03 Å². The molecule has 4 rings (SSSR count). The Morgan fingerprint density at radius 3 is 2.43 bits per heavy atom. The third kappa shape index (κ3) is 5.20. The van der Waals surface area contributed by atoms with Gasteiger partial charge in [-0.3, -0.25) is 14.9 Å². The van der Waals surface area contributed by atoms with Gasteiger partial charge in [-0.15, -0.1) is 0 Å². The highest BCUT2D eigenvalue weighted by atomic mass is 35.5. The number of urea groups is 1. The summed E-state index contributed by atoms with van der Waals surface area (Å²) >= 11 is 6.21. The Labute approximate surface area is 207 Å². The quantitative estimate of drug-likeness (QED) is 0.359. The van der Waals surface area contributed by atoms with E-state index in [1.54, 1.807) is 55.5 Å². The first-order chi connectivity index (χ1) is 16.9. The zero-order valence-electron chi connectivity index (χ0n) is 19.2. The molecule has 8 heteroatoms. The second-order valence-electron chi connectivity index (χ2n) is 7.76. The largest absolute Gasteiger partial charge is 0.490 e. The van der Waals surface area contributed by atoms with Crippen LogP contribution in [0.3, 0.4) is 0 Å². The number of aryl methyl sites for hydroxylation is 1. The van der Waals surface area contributed by atoms with E-state index in [9.17, 15) is 14.4 Å². The van der Waals surface area contributed by atoms with E-state index in [1.165, 1.54) is 6.08 Å². The Bertz CT molecular complexity index is 1330. The van der Waals surface area contributed by atoms with Crippen LogP contribution in [0.2, 0.25) is 5.02 Å².